The van der Waals surface area contributed by atoms with Gasteiger partial charge >= 0.3 is 0 Å². The first kappa shape index (κ1) is 35.6. The van der Waals surface area contributed by atoms with E-state index in [1.165, 1.54) is 47.7 Å². The molecule has 0 saturated carbocycles. The summed E-state index contributed by atoms with van der Waals surface area (Å²) in [6, 6.07) is 2.92. The average molecular weight is 687 g/mol. The van der Waals surface area contributed by atoms with E-state index in [9.17, 15) is 40.5 Å². The molecule has 1 aromatic heterocycles. The zero-order valence-corrected chi connectivity index (χ0v) is 26.5. The summed E-state index contributed by atoms with van der Waals surface area (Å²) in [4.78, 5) is 14.2. The second-order valence-corrected chi connectivity index (χ2v) is 10.9. The van der Waals surface area contributed by atoms with Crippen molar-refractivity contribution in [3.05, 3.63) is 22.4 Å². The van der Waals surface area contributed by atoms with Crippen molar-refractivity contribution < 1.29 is 82.8 Å². The van der Waals surface area contributed by atoms with E-state index in [0.29, 0.717) is 0 Å². The standard InChI is InChI=1S/C30H38O18/c1-39-10-6-11-16(32)15-24(47-23(11)12(7-10)40-2)26(41-3)28(43-5)27(42-4)25(15)48-30-22(38)20(36)18(34)14(46-30)9-44-29-21(37)19(35)17(33)13(8-31)45-29/h6-7,13-14,17-22,29-31,33-38H,8-9H2,1-5H3/t13-,14-,17-,18-,19+,20+,21-,22-,29-,30+/m1/s1. The minimum absolute atomic E-state index is 0.00389. The van der Waals surface area contributed by atoms with Crippen molar-refractivity contribution in [2.45, 2.75) is 61.4 Å². The Morgan fingerprint density at radius 2 is 1.23 bits per heavy atom. The highest BCUT2D eigenvalue weighted by Gasteiger charge is 2.48. The minimum Gasteiger partial charge on any atom is -0.497 e. The number of rotatable bonds is 11. The van der Waals surface area contributed by atoms with Crippen LogP contribution in [0.1, 0.15) is 0 Å². The molecular formula is C30H38O18. The van der Waals surface area contributed by atoms with Crippen LogP contribution < -0.4 is 33.8 Å². The summed E-state index contributed by atoms with van der Waals surface area (Å²) in [5.74, 6) is -0.247. The predicted octanol–water partition coefficient (Wildman–Crippen LogP) is -2.01. The first-order valence-corrected chi connectivity index (χ1v) is 14.6. The molecule has 2 saturated heterocycles. The zero-order valence-electron chi connectivity index (χ0n) is 26.5. The summed E-state index contributed by atoms with van der Waals surface area (Å²) in [5.41, 5.74) is -0.809. The molecule has 0 unspecified atom stereocenters. The van der Waals surface area contributed by atoms with Crippen molar-refractivity contribution in [3.8, 4) is 34.5 Å². The molecule has 0 spiro atoms. The van der Waals surface area contributed by atoms with E-state index in [0.717, 1.165) is 0 Å². The van der Waals surface area contributed by atoms with E-state index in [4.69, 9.17) is 47.0 Å². The molecule has 10 atom stereocenters. The van der Waals surface area contributed by atoms with Crippen LogP contribution >= 0.6 is 0 Å². The molecule has 2 fully saturated rings. The Morgan fingerprint density at radius 1 is 0.646 bits per heavy atom. The third-order valence-corrected chi connectivity index (χ3v) is 8.23. The smallest absolute Gasteiger partial charge is 0.229 e. The van der Waals surface area contributed by atoms with Crippen LogP contribution in [-0.4, -0.2) is 146 Å². The second-order valence-electron chi connectivity index (χ2n) is 10.9. The monoisotopic (exact) mass is 686 g/mol. The van der Waals surface area contributed by atoms with Crippen LogP contribution in [0.5, 0.6) is 34.5 Å². The molecule has 3 heterocycles. The lowest BCUT2D eigenvalue weighted by Crippen LogP contribution is -2.62. The number of hydrogen-bond donors (Lipinski definition) is 7. The van der Waals surface area contributed by atoms with Gasteiger partial charge in [0.25, 0.3) is 0 Å². The fraction of sp³-hybridized carbons (Fsp3) is 0.567. The Bertz CT molecular complexity index is 1660. The quantitative estimate of drug-likeness (QED) is 0.108. The maximum atomic E-state index is 14.2. The summed E-state index contributed by atoms with van der Waals surface area (Å²) in [5, 5.41) is 72.0. The van der Waals surface area contributed by atoms with Gasteiger partial charge in [-0.25, -0.2) is 0 Å². The van der Waals surface area contributed by atoms with Gasteiger partial charge in [-0.05, 0) is 6.07 Å². The predicted molar refractivity (Wildman–Crippen MR) is 160 cm³/mol. The normalized spacial score (nSPS) is 30.7. The summed E-state index contributed by atoms with van der Waals surface area (Å²) in [6.45, 7) is -1.33. The highest BCUT2D eigenvalue weighted by molar-refractivity contribution is 6.01. The fourth-order valence-electron chi connectivity index (χ4n) is 5.63. The summed E-state index contributed by atoms with van der Waals surface area (Å²) < 4.78 is 56.2. The van der Waals surface area contributed by atoms with Crippen LogP contribution in [0, 0.1) is 0 Å². The van der Waals surface area contributed by atoms with Crippen molar-refractivity contribution >= 4 is 21.9 Å². The van der Waals surface area contributed by atoms with Gasteiger partial charge in [0.2, 0.25) is 29.0 Å². The molecule has 5 rings (SSSR count). The first-order valence-electron chi connectivity index (χ1n) is 14.6. The van der Waals surface area contributed by atoms with Gasteiger partial charge in [0.05, 0.1) is 54.1 Å². The SMILES string of the molecule is COc1cc(OC)c2oc3c(OC)c(OC)c(OC)c(O[C@@H]4O[C@H](CO[C@@H]5O[C@H](CO)[C@@H](O)[C@H](O)[C@H]5O)[C@@H](O)[C@H](O)[C@H]4O)c3c(=O)c2c1. The molecule has 3 aromatic rings. The lowest BCUT2D eigenvalue weighted by atomic mass is 9.98. The van der Waals surface area contributed by atoms with Crippen molar-refractivity contribution in [2.75, 3.05) is 48.8 Å². The van der Waals surface area contributed by atoms with Gasteiger partial charge in [-0.1, -0.05) is 0 Å². The van der Waals surface area contributed by atoms with Gasteiger partial charge in [-0.3, -0.25) is 4.79 Å². The van der Waals surface area contributed by atoms with Crippen molar-refractivity contribution in [1.82, 2.24) is 0 Å². The van der Waals surface area contributed by atoms with Crippen LogP contribution in [-0.2, 0) is 14.2 Å². The highest BCUT2D eigenvalue weighted by atomic mass is 16.7. The van der Waals surface area contributed by atoms with E-state index in [1.807, 2.05) is 0 Å². The largest absolute Gasteiger partial charge is 0.497 e. The second kappa shape index (κ2) is 14.4. The summed E-state index contributed by atoms with van der Waals surface area (Å²) >= 11 is 0. The number of hydrogen-bond acceptors (Lipinski definition) is 18. The zero-order chi connectivity index (χ0) is 35.0. The molecule has 266 valence electrons. The van der Waals surface area contributed by atoms with Gasteiger partial charge in [0.15, 0.2) is 29.0 Å². The van der Waals surface area contributed by atoms with Crippen molar-refractivity contribution in [2.24, 2.45) is 0 Å². The highest BCUT2D eigenvalue weighted by Crippen LogP contribution is 2.52. The first-order chi connectivity index (χ1) is 22.9. The molecule has 0 amide bonds. The van der Waals surface area contributed by atoms with Crippen LogP contribution in [0.25, 0.3) is 21.9 Å². The Kier molecular flexibility index (Phi) is 10.7. The van der Waals surface area contributed by atoms with Gasteiger partial charge in [-0.2, -0.15) is 0 Å². The summed E-state index contributed by atoms with van der Waals surface area (Å²) in [6.07, 6.45) is -16.9. The van der Waals surface area contributed by atoms with Crippen LogP contribution in [0.15, 0.2) is 21.3 Å². The molecule has 2 aromatic carbocycles. The van der Waals surface area contributed by atoms with Gasteiger partial charge in [0.1, 0.15) is 60.0 Å². The van der Waals surface area contributed by atoms with Crippen LogP contribution in [0.3, 0.4) is 0 Å². The molecule has 0 aliphatic carbocycles. The third kappa shape index (κ3) is 6.04. The average Bonchev–Trinajstić information content (AvgIpc) is 3.10. The number of aliphatic hydroxyl groups excluding tert-OH is 7. The maximum Gasteiger partial charge on any atom is 0.229 e. The number of ether oxygens (including phenoxy) is 9. The molecule has 7 N–H and O–H groups in total. The van der Waals surface area contributed by atoms with Crippen molar-refractivity contribution in [1.29, 1.82) is 0 Å². The van der Waals surface area contributed by atoms with E-state index in [-0.39, 0.29) is 56.4 Å². The Hall–Kier alpha value is -3.69. The Labute approximate surface area is 272 Å². The molecule has 2 aliphatic heterocycles. The fourth-order valence-corrected chi connectivity index (χ4v) is 5.63. The molecule has 0 radical (unpaired) electrons. The van der Waals surface area contributed by atoms with Gasteiger partial charge < -0.3 is 82.8 Å². The molecule has 18 nitrogen and oxygen atoms in total. The number of methoxy groups -OCH3 is 5. The van der Waals surface area contributed by atoms with E-state index in [1.54, 1.807) is 0 Å². The van der Waals surface area contributed by atoms with Crippen LogP contribution in [0.2, 0.25) is 0 Å². The van der Waals surface area contributed by atoms with Gasteiger partial charge in [0, 0.05) is 6.07 Å². The minimum atomic E-state index is -1.91. The van der Waals surface area contributed by atoms with Crippen molar-refractivity contribution in [3.63, 3.8) is 0 Å². The van der Waals surface area contributed by atoms with E-state index in [2.05, 4.69) is 0 Å². The molecule has 2 aliphatic rings. The lowest BCUT2D eigenvalue weighted by molar-refractivity contribution is -0.323. The maximum absolute atomic E-state index is 14.2. The molecule has 18 heteroatoms. The number of aliphatic hydroxyl groups is 7. The number of benzene rings is 2. The third-order valence-electron chi connectivity index (χ3n) is 8.23. The Balaban J connectivity index is 1.57. The van der Waals surface area contributed by atoms with E-state index >= 15 is 0 Å². The molecule has 0 bridgehead atoms. The summed E-state index contributed by atoms with van der Waals surface area (Å²) in [7, 11) is 6.61. The van der Waals surface area contributed by atoms with E-state index < -0.39 is 80.1 Å². The Morgan fingerprint density at radius 3 is 1.81 bits per heavy atom. The number of fused-ring (bicyclic) bond motifs is 2. The topological polar surface area (TPSA) is 255 Å². The van der Waals surface area contributed by atoms with Gasteiger partial charge in [-0.15, -0.1) is 0 Å². The molecule has 48 heavy (non-hydrogen) atoms. The van der Waals surface area contributed by atoms with Crippen LogP contribution in [0.4, 0.5) is 0 Å². The molecular weight excluding hydrogens is 648 g/mol. The lowest BCUT2D eigenvalue weighted by Gasteiger charge is -2.42.